The van der Waals surface area contributed by atoms with Gasteiger partial charge in [-0.2, -0.15) is 0 Å². The van der Waals surface area contributed by atoms with Crippen LogP contribution >= 0.6 is 15.9 Å². The molecule has 0 aliphatic carbocycles. The molecule has 1 unspecified atom stereocenters. The van der Waals surface area contributed by atoms with Crippen LogP contribution in [0, 0.1) is 0 Å². The fraction of sp³-hybridized carbons (Fsp3) is 0.400. The van der Waals surface area contributed by atoms with Gasteiger partial charge in [-0.3, -0.25) is 14.4 Å². The highest BCUT2D eigenvalue weighted by atomic mass is 79.9. The lowest BCUT2D eigenvalue weighted by Crippen LogP contribution is -2.57. The molecular formula is C25H29BrN2O5. The number of benzene rings is 2. The summed E-state index contributed by atoms with van der Waals surface area (Å²) >= 11 is 3.39. The Hall–Kier alpha value is -2.87. The molecule has 1 fully saturated rings. The lowest BCUT2D eigenvalue weighted by molar-refractivity contribution is -0.147. The van der Waals surface area contributed by atoms with Crippen LogP contribution in [0.1, 0.15) is 42.6 Å². The van der Waals surface area contributed by atoms with Crippen LogP contribution in [0.25, 0.3) is 0 Å². The number of piperazine rings is 1. The van der Waals surface area contributed by atoms with Crippen molar-refractivity contribution in [2.24, 2.45) is 0 Å². The maximum atomic E-state index is 13.4. The molecule has 3 rings (SSSR count). The van der Waals surface area contributed by atoms with E-state index in [4.69, 9.17) is 9.47 Å². The number of aryl methyl sites for hydroxylation is 1. The highest BCUT2D eigenvalue weighted by Crippen LogP contribution is 2.27. The monoisotopic (exact) mass is 516 g/mol. The second-order valence-electron chi connectivity index (χ2n) is 8.13. The number of ether oxygens (including phenoxy) is 2. The molecule has 0 saturated carbocycles. The fourth-order valence-electron chi connectivity index (χ4n) is 3.67. The number of halogens is 1. The van der Waals surface area contributed by atoms with Crippen LogP contribution < -0.4 is 10.1 Å². The van der Waals surface area contributed by atoms with E-state index < -0.39 is 12.0 Å². The third-order valence-electron chi connectivity index (χ3n) is 5.20. The van der Waals surface area contributed by atoms with Gasteiger partial charge in [0.15, 0.2) is 0 Å². The molecule has 2 aromatic carbocycles. The highest BCUT2D eigenvalue weighted by Gasteiger charge is 2.36. The summed E-state index contributed by atoms with van der Waals surface area (Å²) in [6, 6.07) is 14.2. The largest absolute Gasteiger partial charge is 0.490 e. The Morgan fingerprint density at radius 1 is 1.18 bits per heavy atom. The summed E-state index contributed by atoms with van der Waals surface area (Å²) in [5.74, 6) is -0.789. The predicted molar refractivity (Wildman–Crippen MR) is 128 cm³/mol. The molecule has 1 N–H and O–H groups in total. The van der Waals surface area contributed by atoms with Crippen LogP contribution in [0.15, 0.2) is 53.0 Å². The van der Waals surface area contributed by atoms with E-state index in [1.54, 1.807) is 18.2 Å². The number of nitrogens with one attached hydrogen (secondary N) is 1. The summed E-state index contributed by atoms with van der Waals surface area (Å²) in [6.07, 6.45) is 1.16. The van der Waals surface area contributed by atoms with E-state index in [9.17, 15) is 14.4 Å². The lowest BCUT2D eigenvalue weighted by atomic mass is 10.1. The average Bonchev–Trinajstić information content (AvgIpc) is 2.79. The minimum Gasteiger partial charge on any atom is -0.490 e. The van der Waals surface area contributed by atoms with Crippen LogP contribution in [-0.2, 0) is 20.7 Å². The van der Waals surface area contributed by atoms with E-state index in [1.807, 2.05) is 44.2 Å². The Morgan fingerprint density at radius 2 is 1.94 bits per heavy atom. The van der Waals surface area contributed by atoms with Crippen LogP contribution in [0.3, 0.4) is 0 Å². The normalized spacial score (nSPS) is 15.8. The summed E-state index contributed by atoms with van der Waals surface area (Å²) in [7, 11) is 0. The minimum atomic E-state index is -0.932. The highest BCUT2D eigenvalue weighted by molar-refractivity contribution is 9.10. The predicted octanol–water partition coefficient (Wildman–Crippen LogP) is 3.74. The molecule has 1 saturated heterocycles. The molecule has 0 aromatic heterocycles. The Labute approximate surface area is 202 Å². The van der Waals surface area contributed by atoms with Gasteiger partial charge < -0.3 is 19.7 Å². The van der Waals surface area contributed by atoms with E-state index in [2.05, 4.69) is 21.2 Å². The maximum Gasteiger partial charge on any atom is 0.308 e. The zero-order valence-corrected chi connectivity index (χ0v) is 20.5. The summed E-state index contributed by atoms with van der Waals surface area (Å²) < 4.78 is 11.9. The van der Waals surface area contributed by atoms with Crippen molar-refractivity contribution in [2.75, 3.05) is 19.7 Å². The van der Waals surface area contributed by atoms with Crippen molar-refractivity contribution >= 4 is 33.7 Å². The van der Waals surface area contributed by atoms with E-state index in [1.165, 1.54) is 10.5 Å². The van der Waals surface area contributed by atoms with Crippen molar-refractivity contribution in [1.29, 1.82) is 0 Å². The van der Waals surface area contributed by atoms with Gasteiger partial charge >= 0.3 is 5.97 Å². The molecule has 33 heavy (non-hydrogen) atoms. The topological polar surface area (TPSA) is 84.9 Å². The third-order valence-corrected chi connectivity index (χ3v) is 5.70. The molecule has 1 aliphatic heterocycles. The van der Waals surface area contributed by atoms with Crippen LogP contribution in [-0.4, -0.2) is 54.5 Å². The summed E-state index contributed by atoms with van der Waals surface area (Å²) in [6.45, 7) is 4.63. The molecule has 0 radical (unpaired) electrons. The number of hydrogen-bond acceptors (Lipinski definition) is 5. The second kappa shape index (κ2) is 11.8. The Morgan fingerprint density at radius 3 is 2.67 bits per heavy atom. The minimum absolute atomic E-state index is 0.121. The van der Waals surface area contributed by atoms with Crippen LogP contribution in [0.5, 0.6) is 5.75 Å². The van der Waals surface area contributed by atoms with Gasteiger partial charge in [-0.25, -0.2) is 0 Å². The van der Waals surface area contributed by atoms with E-state index in [0.717, 1.165) is 10.9 Å². The van der Waals surface area contributed by atoms with Gasteiger partial charge in [0.2, 0.25) is 5.91 Å². The first-order valence-corrected chi connectivity index (χ1v) is 11.9. The van der Waals surface area contributed by atoms with E-state index >= 15 is 0 Å². The number of hydrogen-bond donors (Lipinski definition) is 1. The van der Waals surface area contributed by atoms with Crippen molar-refractivity contribution in [3.05, 3.63) is 64.1 Å². The summed E-state index contributed by atoms with van der Waals surface area (Å²) in [4.78, 5) is 39.9. The number of carbonyl (C=O) groups is 3. The molecule has 1 aliphatic rings. The zero-order valence-electron chi connectivity index (χ0n) is 18.9. The van der Waals surface area contributed by atoms with Gasteiger partial charge in [-0.05, 0) is 50.5 Å². The molecule has 0 spiro atoms. The standard InChI is InChI=1S/C25H29BrN2O5/c1-17(2)33-22-11-10-19(26)15-20(22)25(31)28-13-12-27-24(30)21(28)16-23(29)32-14-6-9-18-7-4-3-5-8-18/h3-5,7-8,10-11,15,17,21H,6,9,12-14,16H2,1-2H3,(H,27,30). The molecule has 176 valence electrons. The number of esters is 1. The number of rotatable bonds is 9. The SMILES string of the molecule is CC(C)Oc1ccc(Br)cc1C(=O)N1CCNC(=O)C1CC(=O)OCCCc1ccccc1. The quantitative estimate of drug-likeness (QED) is 0.405. The van der Waals surface area contributed by atoms with E-state index in [-0.39, 0.29) is 30.9 Å². The molecule has 2 amide bonds. The fourth-order valence-corrected chi connectivity index (χ4v) is 4.03. The molecule has 1 atom stereocenters. The molecule has 1 heterocycles. The van der Waals surface area contributed by atoms with Crippen molar-refractivity contribution in [3.63, 3.8) is 0 Å². The summed E-state index contributed by atoms with van der Waals surface area (Å²) in [5, 5.41) is 2.74. The molecule has 0 bridgehead atoms. The van der Waals surface area contributed by atoms with Crippen molar-refractivity contribution in [1.82, 2.24) is 10.2 Å². The first-order chi connectivity index (χ1) is 15.8. The van der Waals surface area contributed by atoms with Crippen LogP contribution in [0.2, 0.25) is 0 Å². The molecule has 2 aromatic rings. The number of nitrogens with zero attached hydrogens (tertiary/aromatic N) is 1. The Kier molecular flexibility index (Phi) is 8.88. The maximum absolute atomic E-state index is 13.4. The van der Waals surface area contributed by atoms with Gasteiger partial charge in [0.05, 0.1) is 24.7 Å². The Balaban J connectivity index is 1.64. The second-order valence-corrected chi connectivity index (χ2v) is 9.04. The van der Waals surface area contributed by atoms with Gasteiger partial charge in [0.1, 0.15) is 11.8 Å². The van der Waals surface area contributed by atoms with Gasteiger partial charge in [0.25, 0.3) is 5.91 Å². The Bertz CT molecular complexity index is 980. The zero-order chi connectivity index (χ0) is 23.8. The van der Waals surface area contributed by atoms with Crippen molar-refractivity contribution in [3.8, 4) is 5.75 Å². The third kappa shape index (κ3) is 7.05. The molecule has 7 nitrogen and oxygen atoms in total. The smallest absolute Gasteiger partial charge is 0.308 e. The lowest BCUT2D eigenvalue weighted by Gasteiger charge is -2.35. The number of carbonyl (C=O) groups excluding carboxylic acids is 3. The van der Waals surface area contributed by atoms with Crippen LogP contribution in [0.4, 0.5) is 0 Å². The van der Waals surface area contributed by atoms with Crippen molar-refractivity contribution < 1.29 is 23.9 Å². The molecular weight excluding hydrogens is 488 g/mol. The van der Waals surface area contributed by atoms with Gasteiger partial charge in [-0.15, -0.1) is 0 Å². The average molecular weight is 517 g/mol. The number of amides is 2. The van der Waals surface area contributed by atoms with Gasteiger partial charge in [0, 0.05) is 17.6 Å². The first kappa shape index (κ1) is 24.8. The molecule has 8 heteroatoms. The van der Waals surface area contributed by atoms with Crippen molar-refractivity contribution in [2.45, 2.75) is 45.3 Å². The summed E-state index contributed by atoms with van der Waals surface area (Å²) in [5.41, 5.74) is 1.51. The first-order valence-electron chi connectivity index (χ1n) is 11.1. The van der Waals surface area contributed by atoms with E-state index in [0.29, 0.717) is 30.8 Å². The van der Waals surface area contributed by atoms with Gasteiger partial charge in [-0.1, -0.05) is 46.3 Å².